The Morgan fingerprint density at radius 1 is 1.15 bits per heavy atom. The maximum absolute atomic E-state index is 12.9. The van der Waals surface area contributed by atoms with Crippen molar-refractivity contribution in [1.29, 1.82) is 0 Å². The molecule has 0 N–H and O–H groups in total. The Balaban J connectivity index is 1.45. The first kappa shape index (κ1) is 23.3. The van der Waals surface area contributed by atoms with Gasteiger partial charge in [-0.25, -0.2) is 4.98 Å². The Labute approximate surface area is 199 Å². The average molecular weight is 467 g/mol. The van der Waals surface area contributed by atoms with Gasteiger partial charge in [0.05, 0.1) is 29.6 Å². The molecule has 0 bridgehead atoms. The van der Waals surface area contributed by atoms with E-state index >= 15 is 0 Å². The average Bonchev–Trinajstić information content (AvgIpc) is 3.31. The lowest BCUT2D eigenvalue weighted by molar-refractivity contribution is -0.125. The van der Waals surface area contributed by atoms with Crippen molar-refractivity contribution in [3.05, 3.63) is 58.4 Å². The predicted octanol–water partition coefficient (Wildman–Crippen LogP) is 5.14. The van der Waals surface area contributed by atoms with E-state index in [2.05, 4.69) is 19.1 Å². The Hall–Kier alpha value is -2.90. The predicted molar refractivity (Wildman–Crippen MR) is 132 cm³/mol. The van der Waals surface area contributed by atoms with Crippen LogP contribution in [-0.2, 0) is 22.4 Å². The zero-order valence-corrected chi connectivity index (χ0v) is 20.2. The van der Waals surface area contributed by atoms with E-state index in [0.29, 0.717) is 19.8 Å². The molecular weight excluding hydrogens is 436 g/mol. The summed E-state index contributed by atoms with van der Waals surface area (Å²) in [6, 6.07) is 14.1. The molecule has 33 heavy (non-hydrogen) atoms. The summed E-state index contributed by atoms with van der Waals surface area (Å²) in [6.45, 7) is 5.67. The van der Waals surface area contributed by atoms with E-state index in [1.165, 1.54) is 5.56 Å². The second-order valence-corrected chi connectivity index (χ2v) is 8.94. The smallest absolute Gasteiger partial charge is 0.267 e. The van der Waals surface area contributed by atoms with Crippen LogP contribution in [0.4, 0.5) is 5.69 Å². The molecule has 0 saturated heterocycles. The number of ether oxygens (including phenoxy) is 3. The SMILES string of the molecule is CCc1ccc(OCCCN2C(=O)C(C)Oc3ccc(-c4csc(CCOC)n4)cc32)cc1. The molecule has 0 aliphatic carbocycles. The fourth-order valence-corrected chi connectivity index (χ4v) is 4.57. The molecule has 1 amide bonds. The highest BCUT2D eigenvalue weighted by atomic mass is 32.1. The molecule has 1 unspecified atom stereocenters. The molecule has 0 saturated carbocycles. The summed E-state index contributed by atoms with van der Waals surface area (Å²) in [5.74, 6) is 1.53. The number of aryl methyl sites for hydroxylation is 1. The number of nitrogens with zero attached hydrogens (tertiary/aromatic N) is 2. The second kappa shape index (κ2) is 10.8. The Morgan fingerprint density at radius 2 is 1.97 bits per heavy atom. The Kier molecular flexibility index (Phi) is 7.62. The van der Waals surface area contributed by atoms with Gasteiger partial charge in [-0.15, -0.1) is 11.3 Å². The van der Waals surface area contributed by atoms with E-state index in [4.69, 9.17) is 19.2 Å². The van der Waals surface area contributed by atoms with Gasteiger partial charge in [-0.2, -0.15) is 0 Å². The lowest BCUT2D eigenvalue weighted by atomic mass is 10.1. The van der Waals surface area contributed by atoms with Gasteiger partial charge in [0.1, 0.15) is 11.5 Å². The molecule has 2 heterocycles. The van der Waals surface area contributed by atoms with Crippen molar-refractivity contribution in [2.24, 2.45) is 0 Å². The summed E-state index contributed by atoms with van der Waals surface area (Å²) in [4.78, 5) is 19.5. The standard InChI is InChI=1S/C26H30N2O4S/c1-4-19-6-9-21(10-7-19)31-14-5-13-28-23-16-20(8-11-24(23)32-18(2)26(28)29)22-17-33-25(27-22)12-15-30-3/h6-11,16-18H,4-5,12-15H2,1-3H3. The van der Waals surface area contributed by atoms with Crippen LogP contribution in [0, 0.1) is 0 Å². The van der Waals surface area contributed by atoms with E-state index in [9.17, 15) is 4.79 Å². The molecule has 4 rings (SSSR count). The van der Waals surface area contributed by atoms with E-state index in [1.54, 1.807) is 25.4 Å². The fourth-order valence-electron chi connectivity index (χ4n) is 3.78. The first-order valence-electron chi connectivity index (χ1n) is 11.4. The first-order chi connectivity index (χ1) is 16.1. The number of carbonyl (C=O) groups excluding carboxylic acids is 1. The number of thiazole rings is 1. The van der Waals surface area contributed by atoms with Crippen LogP contribution in [0.15, 0.2) is 47.8 Å². The molecule has 0 fully saturated rings. The molecule has 174 valence electrons. The summed E-state index contributed by atoms with van der Waals surface area (Å²) in [5, 5.41) is 3.08. The molecule has 1 aromatic heterocycles. The van der Waals surface area contributed by atoms with E-state index in [0.717, 1.165) is 52.7 Å². The number of carbonyl (C=O) groups is 1. The molecule has 1 aliphatic rings. The minimum Gasteiger partial charge on any atom is -0.494 e. The van der Waals surface area contributed by atoms with Crippen molar-refractivity contribution in [1.82, 2.24) is 4.98 Å². The van der Waals surface area contributed by atoms with Crippen LogP contribution in [0.1, 0.15) is 30.8 Å². The highest BCUT2D eigenvalue weighted by molar-refractivity contribution is 7.09. The second-order valence-electron chi connectivity index (χ2n) is 8.00. The normalized spacial score (nSPS) is 15.3. The van der Waals surface area contributed by atoms with Crippen LogP contribution in [0.25, 0.3) is 11.3 Å². The summed E-state index contributed by atoms with van der Waals surface area (Å²) in [6.07, 6.45) is 2.01. The molecule has 0 spiro atoms. The topological polar surface area (TPSA) is 60.9 Å². The molecule has 1 aliphatic heterocycles. The van der Waals surface area contributed by atoms with E-state index in [1.807, 2.05) is 40.6 Å². The number of aromatic nitrogens is 1. The van der Waals surface area contributed by atoms with Gasteiger partial charge in [0.15, 0.2) is 6.10 Å². The summed E-state index contributed by atoms with van der Waals surface area (Å²) >= 11 is 1.62. The zero-order valence-electron chi connectivity index (χ0n) is 19.4. The van der Waals surface area contributed by atoms with Crippen molar-refractivity contribution in [3.63, 3.8) is 0 Å². The van der Waals surface area contributed by atoms with Crippen LogP contribution in [-0.4, -0.2) is 43.9 Å². The van der Waals surface area contributed by atoms with Crippen molar-refractivity contribution in [2.45, 2.75) is 39.2 Å². The van der Waals surface area contributed by atoms with Crippen LogP contribution < -0.4 is 14.4 Å². The quantitative estimate of drug-likeness (QED) is 0.387. The number of hydrogen-bond acceptors (Lipinski definition) is 6. The number of anilines is 1. The van der Waals surface area contributed by atoms with Crippen LogP contribution >= 0.6 is 11.3 Å². The monoisotopic (exact) mass is 466 g/mol. The summed E-state index contributed by atoms with van der Waals surface area (Å²) in [5.41, 5.74) is 3.94. The number of benzene rings is 2. The van der Waals surface area contributed by atoms with Crippen LogP contribution in [0.2, 0.25) is 0 Å². The maximum atomic E-state index is 12.9. The fraction of sp³-hybridized carbons (Fsp3) is 0.385. The van der Waals surface area contributed by atoms with Crippen molar-refractivity contribution < 1.29 is 19.0 Å². The Morgan fingerprint density at radius 3 is 2.73 bits per heavy atom. The zero-order chi connectivity index (χ0) is 23.2. The third-order valence-electron chi connectivity index (χ3n) is 5.66. The van der Waals surface area contributed by atoms with Gasteiger partial charge in [0.25, 0.3) is 5.91 Å². The van der Waals surface area contributed by atoms with E-state index < -0.39 is 6.10 Å². The van der Waals surface area contributed by atoms with Crippen LogP contribution in [0.5, 0.6) is 11.5 Å². The molecule has 1 atom stereocenters. The van der Waals surface area contributed by atoms with Gasteiger partial charge in [0.2, 0.25) is 0 Å². The van der Waals surface area contributed by atoms with Crippen LogP contribution in [0.3, 0.4) is 0 Å². The third-order valence-corrected chi connectivity index (χ3v) is 6.57. The lowest BCUT2D eigenvalue weighted by Gasteiger charge is -2.33. The van der Waals surface area contributed by atoms with E-state index in [-0.39, 0.29) is 5.91 Å². The first-order valence-corrected chi connectivity index (χ1v) is 12.2. The third kappa shape index (κ3) is 5.54. The number of rotatable bonds is 10. The minimum atomic E-state index is -0.509. The lowest BCUT2D eigenvalue weighted by Crippen LogP contribution is -2.45. The van der Waals surface area contributed by atoms with Crippen molar-refractivity contribution >= 4 is 22.9 Å². The number of hydrogen-bond donors (Lipinski definition) is 0. The summed E-state index contributed by atoms with van der Waals surface area (Å²) < 4.78 is 16.9. The van der Waals surface area contributed by atoms with Crippen molar-refractivity contribution in [2.75, 3.05) is 31.8 Å². The summed E-state index contributed by atoms with van der Waals surface area (Å²) in [7, 11) is 1.69. The number of amides is 1. The molecule has 3 aromatic rings. The highest BCUT2D eigenvalue weighted by Gasteiger charge is 2.31. The Bertz CT molecular complexity index is 1080. The molecule has 6 nitrogen and oxygen atoms in total. The van der Waals surface area contributed by atoms with Gasteiger partial charge in [-0.05, 0) is 55.7 Å². The van der Waals surface area contributed by atoms with Gasteiger partial charge in [0, 0.05) is 31.0 Å². The largest absolute Gasteiger partial charge is 0.494 e. The number of fused-ring (bicyclic) bond motifs is 1. The molecule has 2 aromatic carbocycles. The van der Waals surface area contributed by atoms with Gasteiger partial charge < -0.3 is 19.1 Å². The van der Waals surface area contributed by atoms with Gasteiger partial charge in [-0.3, -0.25) is 4.79 Å². The number of methoxy groups -OCH3 is 1. The maximum Gasteiger partial charge on any atom is 0.267 e. The van der Waals surface area contributed by atoms with Crippen molar-refractivity contribution in [3.8, 4) is 22.8 Å². The minimum absolute atomic E-state index is 0.0361. The molecular formula is C26H30N2O4S. The molecule has 7 heteroatoms. The van der Waals surface area contributed by atoms with Gasteiger partial charge in [-0.1, -0.05) is 19.1 Å². The highest BCUT2D eigenvalue weighted by Crippen LogP contribution is 2.38. The van der Waals surface area contributed by atoms with Gasteiger partial charge >= 0.3 is 0 Å². The molecule has 0 radical (unpaired) electrons.